The van der Waals surface area contributed by atoms with Crippen molar-refractivity contribution in [3.8, 4) is 0 Å². The van der Waals surface area contributed by atoms with Gasteiger partial charge in [0.25, 0.3) is 0 Å². The second-order valence-corrected chi connectivity index (χ2v) is 4.89. The highest BCUT2D eigenvalue weighted by Crippen LogP contribution is 2.20. The van der Waals surface area contributed by atoms with E-state index < -0.39 is 0 Å². The molecule has 0 nitrogen and oxygen atoms in total. The first kappa shape index (κ1) is 15.6. The molecule has 1 unspecified atom stereocenters. The fraction of sp³-hybridized carbons (Fsp3) is 0.600. The van der Waals surface area contributed by atoms with E-state index in [1.165, 1.54) is 29.7 Å². The summed E-state index contributed by atoms with van der Waals surface area (Å²) in [6.45, 7) is 8.83. The van der Waals surface area contributed by atoms with Crippen molar-refractivity contribution in [3.05, 3.63) is 34.8 Å². The molecule has 0 aliphatic carbocycles. The fourth-order valence-electron chi connectivity index (χ4n) is 1.63. The number of rotatable bonds is 7. The molecule has 0 radical (unpaired) electrons. The predicted molar refractivity (Wildman–Crippen MR) is 78.9 cm³/mol. The Bertz CT molecular complexity index is 259. The summed E-state index contributed by atoms with van der Waals surface area (Å²) in [4.78, 5) is 1.35. The van der Waals surface area contributed by atoms with E-state index in [-0.39, 0.29) is 0 Å². The Morgan fingerprint density at radius 2 is 2.00 bits per heavy atom. The minimum Gasteiger partial charge on any atom is -0.130 e. The largest absolute Gasteiger partial charge is 0.130 e. The number of unbranched alkanes of at least 4 members (excludes halogenated alkanes) is 1. The second kappa shape index (κ2) is 9.77. The van der Waals surface area contributed by atoms with Crippen LogP contribution in [0.15, 0.2) is 34.8 Å². The van der Waals surface area contributed by atoms with E-state index in [0.29, 0.717) is 5.92 Å². The zero-order chi connectivity index (χ0) is 12.4. The van der Waals surface area contributed by atoms with E-state index in [1.807, 2.05) is 0 Å². The molecule has 0 aliphatic heterocycles. The Morgan fingerprint density at radius 1 is 1.31 bits per heavy atom. The summed E-state index contributed by atoms with van der Waals surface area (Å²) in [6.07, 6.45) is 14.9. The Morgan fingerprint density at radius 3 is 2.44 bits per heavy atom. The van der Waals surface area contributed by atoms with E-state index in [0.717, 1.165) is 0 Å². The normalized spacial score (nSPS) is 15.8. The molecule has 0 amide bonds. The van der Waals surface area contributed by atoms with E-state index in [1.54, 1.807) is 11.8 Å². The van der Waals surface area contributed by atoms with Gasteiger partial charge in [-0.3, -0.25) is 0 Å². The average Bonchev–Trinajstić information content (AvgIpc) is 2.32. The first-order valence-corrected chi connectivity index (χ1v) is 7.47. The quantitative estimate of drug-likeness (QED) is 0.412. The number of hydrogen-bond donors (Lipinski definition) is 0. The van der Waals surface area contributed by atoms with Crippen LogP contribution in [0.5, 0.6) is 0 Å². The summed E-state index contributed by atoms with van der Waals surface area (Å²) >= 11 is 1.81. The highest BCUT2D eigenvalue weighted by molar-refractivity contribution is 8.02. The van der Waals surface area contributed by atoms with Crippen molar-refractivity contribution in [2.45, 2.75) is 47.0 Å². The first-order chi connectivity index (χ1) is 7.69. The van der Waals surface area contributed by atoms with Crippen LogP contribution in [-0.2, 0) is 0 Å². The van der Waals surface area contributed by atoms with Crippen molar-refractivity contribution in [1.29, 1.82) is 0 Å². The molecule has 1 atom stereocenters. The molecule has 0 saturated carbocycles. The Balaban J connectivity index is 4.51. The Kier molecular flexibility index (Phi) is 9.51. The van der Waals surface area contributed by atoms with Crippen LogP contribution in [0.25, 0.3) is 0 Å². The van der Waals surface area contributed by atoms with Crippen molar-refractivity contribution >= 4 is 11.8 Å². The molecular formula is C15H26S. The van der Waals surface area contributed by atoms with Gasteiger partial charge >= 0.3 is 0 Å². The summed E-state index contributed by atoms with van der Waals surface area (Å²) in [7, 11) is 0. The maximum Gasteiger partial charge on any atom is 0.00234 e. The smallest absolute Gasteiger partial charge is 0.00234 e. The molecule has 92 valence electrons. The molecule has 0 spiro atoms. The van der Waals surface area contributed by atoms with Gasteiger partial charge in [-0.05, 0) is 38.9 Å². The lowest BCUT2D eigenvalue weighted by atomic mass is 9.96. The molecule has 16 heavy (non-hydrogen) atoms. The van der Waals surface area contributed by atoms with Crippen molar-refractivity contribution in [3.63, 3.8) is 0 Å². The molecule has 0 saturated heterocycles. The summed E-state index contributed by atoms with van der Waals surface area (Å²) in [6, 6.07) is 0. The maximum absolute atomic E-state index is 2.38. The van der Waals surface area contributed by atoms with Gasteiger partial charge in [0.15, 0.2) is 0 Å². The van der Waals surface area contributed by atoms with E-state index >= 15 is 0 Å². The zero-order valence-corrected chi connectivity index (χ0v) is 12.2. The number of hydrogen-bond acceptors (Lipinski definition) is 1. The van der Waals surface area contributed by atoms with Gasteiger partial charge < -0.3 is 0 Å². The lowest BCUT2D eigenvalue weighted by Crippen LogP contribution is -1.96. The Labute approximate surface area is 106 Å². The second-order valence-electron chi connectivity index (χ2n) is 4.01. The zero-order valence-electron chi connectivity index (χ0n) is 11.4. The van der Waals surface area contributed by atoms with Gasteiger partial charge in [-0.2, -0.15) is 0 Å². The van der Waals surface area contributed by atoms with Crippen LogP contribution < -0.4 is 0 Å². The molecule has 0 aromatic carbocycles. The Hall–Kier alpha value is -0.430. The van der Waals surface area contributed by atoms with Crippen LogP contribution in [0.3, 0.4) is 0 Å². The topological polar surface area (TPSA) is 0 Å². The molecular weight excluding hydrogens is 212 g/mol. The number of allylic oxidation sites excluding steroid dienone is 5. The van der Waals surface area contributed by atoms with E-state index in [9.17, 15) is 0 Å². The highest BCUT2D eigenvalue weighted by Gasteiger charge is 2.03. The van der Waals surface area contributed by atoms with Gasteiger partial charge in [0.2, 0.25) is 0 Å². The van der Waals surface area contributed by atoms with Gasteiger partial charge in [-0.25, -0.2) is 0 Å². The first-order valence-electron chi connectivity index (χ1n) is 6.24. The van der Waals surface area contributed by atoms with Gasteiger partial charge in [0, 0.05) is 4.91 Å². The maximum atomic E-state index is 2.38. The molecule has 1 heteroatoms. The average molecular weight is 238 g/mol. The van der Waals surface area contributed by atoms with E-state index in [2.05, 4.69) is 58.3 Å². The molecule has 0 heterocycles. The summed E-state index contributed by atoms with van der Waals surface area (Å²) in [5, 5.41) is 0. The summed E-state index contributed by atoms with van der Waals surface area (Å²) in [5.41, 5.74) is 1.51. The van der Waals surface area contributed by atoms with Crippen LogP contribution in [0.2, 0.25) is 0 Å². The van der Waals surface area contributed by atoms with Gasteiger partial charge in [0.1, 0.15) is 0 Å². The standard InChI is InChI=1S/C15H26S/c1-6-9-10-13(4)14(7-2)11-12-15(8-3)16-5/h8,10-12,14H,6-7,9H2,1-5H3. The molecule has 0 aromatic heterocycles. The monoisotopic (exact) mass is 238 g/mol. The van der Waals surface area contributed by atoms with Crippen LogP contribution in [0.4, 0.5) is 0 Å². The molecule has 0 aliphatic rings. The minimum absolute atomic E-state index is 0.605. The number of thioether (sulfide) groups is 1. The van der Waals surface area contributed by atoms with Gasteiger partial charge in [0.05, 0.1) is 0 Å². The van der Waals surface area contributed by atoms with Crippen molar-refractivity contribution in [1.82, 2.24) is 0 Å². The predicted octanol–water partition coefficient (Wildman–Crippen LogP) is 5.58. The molecule has 0 rings (SSSR count). The van der Waals surface area contributed by atoms with Crippen LogP contribution in [-0.4, -0.2) is 6.26 Å². The van der Waals surface area contributed by atoms with Crippen LogP contribution in [0, 0.1) is 5.92 Å². The fourth-order valence-corrected chi connectivity index (χ4v) is 2.08. The van der Waals surface area contributed by atoms with Crippen molar-refractivity contribution < 1.29 is 0 Å². The SMILES string of the molecule is CC=C(C=CC(CC)C(C)=CCCC)SC. The third-order valence-corrected chi connectivity index (χ3v) is 3.64. The lowest BCUT2D eigenvalue weighted by Gasteiger charge is -2.11. The third kappa shape index (κ3) is 6.22. The molecule has 0 bridgehead atoms. The van der Waals surface area contributed by atoms with Gasteiger partial charge in [-0.15, -0.1) is 11.8 Å². The summed E-state index contributed by atoms with van der Waals surface area (Å²) < 4.78 is 0. The molecule has 0 aromatic rings. The molecule has 0 fully saturated rings. The van der Waals surface area contributed by atoms with E-state index in [4.69, 9.17) is 0 Å². The highest BCUT2D eigenvalue weighted by atomic mass is 32.2. The lowest BCUT2D eigenvalue weighted by molar-refractivity contribution is 0.719. The minimum atomic E-state index is 0.605. The van der Waals surface area contributed by atoms with Gasteiger partial charge in [-0.1, -0.05) is 50.1 Å². The van der Waals surface area contributed by atoms with Crippen molar-refractivity contribution in [2.24, 2.45) is 5.92 Å². The van der Waals surface area contributed by atoms with Crippen molar-refractivity contribution in [2.75, 3.05) is 6.26 Å². The summed E-state index contributed by atoms with van der Waals surface area (Å²) in [5.74, 6) is 0.605. The van der Waals surface area contributed by atoms with Crippen LogP contribution >= 0.6 is 11.8 Å². The third-order valence-electron chi connectivity index (χ3n) is 2.79. The molecule has 0 N–H and O–H groups in total. The van der Waals surface area contributed by atoms with Crippen LogP contribution in [0.1, 0.15) is 47.0 Å².